The fourth-order valence-corrected chi connectivity index (χ4v) is 4.47. The number of hydrogen-bond donors (Lipinski definition) is 0. The van der Waals surface area contributed by atoms with E-state index in [4.69, 9.17) is 4.74 Å². The predicted molar refractivity (Wildman–Crippen MR) is 122 cm³/mol. The van der Waals surface area contributed by atoms with Gasteiger partial charge in [-0.3, -0.25) is 4.79 Å². The van der Waals surface area contributed by atoms with E-state index >= 15 is 0 Å². The molecule has 32 heavy (non-hydrogen) atoms. The van der Waals surface area contributed by atoms with E-state index < -0.39 is 0 Å². The number of nitrogens with zero attached hydrogens (tertiary/aromatic N) is 5. The van der Waals surface area contributed by atoms with E-state index in [1.807, 2.05) is 29.2 Å². The third kappa shape index (κ3) is 4.84. The number of anilines is 1. The molecule has 0 N–H and O–H groups in total. The number of carbonyl (C=O) groups is 2. The molecule has 0 spiro atoms. The number of ether oxygens (including phenoxy) is 1. The molecule has 1 aromatic carbocycles. The molecule has 0 bridgehead atoms. The highest BCUT2D eigenvalue weighted by molar-refractivity contribution is 5.80. The summed E-state index contributed by atoms with van der Waals surface area (Å²) in [6.07, 6.45) is 1.53. The normalized spacial score (nSPS) is 19.1. The summed E-state index contributed by atoms with van der Waals surface area (Å²) in [4.78, 5) is 30.7. The van der Waals surface area contributed by atoms with Gasteiger partial charge in [-0.05, 0) is 44.4 Å². The first-order valence-electron chi connectivity index (χ1n) is 11.4. The molecule has 8 heteroatoms. The van der Waals surface area contributed by atoms with Gasteiger partial charge in [0.1, 0.15) is 0 Å². The molecule has 0 radical (unpaired) electrons. The molecule has 1 unspecified atom stereocenters. The van der Waals surface area contributed by atoms with Crippen LogP contribution in [0.25, 0.3) is 11.3 Å². The summed E-state index contributed by atoms with van der Waals surface area (Å²) in [5.74, 6) is 0.922. The Morgan fingerprint density at radius 3 is 2.44 bits per heavy atom. The van der Waals surface area contributed by atoms with Crippen LogP contribution in [0.15, 0.2) is 36.4 Å². The Balaban J connectivity index is 1.36. The van der Waals surface area contributed by atoms with Crippen molar-refractivity contribution < 1.29 is 14.3 Å². The van der Waals surface area contributed by atoms with E-state index in [9.17, 15) is 9.59 Å². The van der Waals surface area contributed by atoms with Crippen molar-refractivity contribution in [3.05, 3.63) is 42.0 Å². The maximum Gasteiger partial charge on any atom is 0.409 e. The van der Waals surface area contributed by atoms with Crippen LogP contribution >= 0.6 is 0 Å². The SMILES string of the molecule is CCOC(=O)N1CCN(C(=O)C2CCCN(c3ccc(-c4ccccc4C)nn3)C2)CC1. The summed E-state index contributed by atoms with van der Waals surface area (Å²) in [5.41, 5.74) is 3.11. The summed E-state index contributed by atoms with van der Waals surface area (Å²) in [7, 11) is 0. The summed E-state index contributed by atoms with van der Waals surface area (Å²) in [6.45, 7) is 7.90. The first kappa shape index (κ1) is 22.0. The Morgan fingerprint density at radius 1 is 1.00 bits per heavy atom. The molecule has 1 atom stereocenters. The van der Waals surface area contributed by atoms with Gasteiger partial charge in [-0.2, -0.15) is 0 Å². The molecule has 8 nitrogen and oxygen atoms in total. The van der Waals surface area contributed by atoms with E-state index in [1.165, 1.54) is 5.56 Å². The van der Waals surface area contributed by atoms with Crippen molar-refractivity contribution in [1.82, 2.24) is 20.0 Å². The molecule has 3 heterocycles. The van der Waals surface area contributed by atoms with Crippen LogP contribution in [-0.2, 0) is 9.53 Å². The van der Waals surface area contributed by atoms with Gasteiger partial charge in [-0.1, -0.05) is 24.3 Å². The van der Waals surface area contributed by atoms with Gasteiger partial charge in [0.15, 0.2) is 5.82 Å². The van der Waals surface area contributed by atoms with Crippen molar-refractivity contribution in [2.75, 3.05) is 50.8 Å². The molecule has 2 saturated heterocycles. The summed E-state index contributed by atoms with van der Waals surface area (Å²) >= 11 is 0. The molecule has 0 aliphatic carbocycles. The average Bonchev–Trinajstić information content (AvgIpc) is 2.84. The van der Waals surface area contributed by atoms with E-state index in [0.29, 0.717) is 39.3 Å². The molecule has 1 aromatic heterocycles. The van der Waals surface area contributed by atoms with Crippen molar-refractivity contribution in [1.29, 1.82) is 0 Å². The third-order valence-corrected chi connectivity index (χ3v) is 6.28. The fraction of sp³-hybridized carbons (Fsp3) is 0.500. The Bertz CT molecular complexity index is 941. The fourth-order valence-electron chi connectivity index (χ4n) is 4.47. The molecular formula is C24H31N5O3. The van der Waals surface area contributed by atoms with Crippen LogP contribution in [0.1, 0.15) is 25.3 Å². The van der Waals surface area contributed by atoms with Crippen molar-refractivity contribution >= 4 is 17.8 Å². The molecule has 2 amide bonds. The third-order valence-electron chi connectivity index (χ3n) is 6.28. The number of amides is 2. The molecular weight excluding hydrogens is 406 g/mol. The smallest absolute Gasteiger partial charge is 0.409 e. The maximum atomic E-state index is 13.1. The highest BCUT2D eigenvalue weighted by Crippen LogP contribution is 2.26. The number of hydrogen-bond acceptors (Lipinski definition) is 6. The van der Waals surface area contributed by atoms with Gasteiger partial charge in [-0.15, -0.1) is 10.2 Å². The first-order valence-corrected chi connectivity index (χ1v) is 11.4. The van der Waals surface area contributed by atoms with E-state index in [0.717, 1.165) is 36.5 Å². The molecule has 2 aromatic rings. The number of rotatable bonds is 4. The standard InChI is InChI=1S/C24H31N5O3/c1-3-32-24(31)28-15-13-27(14-16-28)23(30)19-8-6-12-29(17-19)22-11-10-21(25-26-22)20-9-5-4-7-18(20)2/h4-5,7,9-11,19H,3,6,8,12-17H2,1-2H3. The van der Waals surface area contributed by atoms with Gasteiger partial charge in [0.2, 0.25) is 5.91 Å². The number of aryl methyl sites for hydroxylation is 1. The zero-order valence-corrected chi connectivity index (χ0v) is 18.9. The second kappa shape index (κ2) is 9.97. The van der Waals surface area contributed by atoms with Gasteiger partial charge in [0.05, 0.1) is 18.2 Å². The van der Waals surface area contributed by atoms with Crippen LogP contribution in [0, 0.1) is 12.8 Å². The topological polar surface area (TPSA) is 78.9 Å². The Hall–Kier alpha value is -3.16. The maximum absolute atomic E-state index is 13.1. The van der Waals surface area contributed by atoms with Crippen LogP contribution in [-0.4, -0.2) is 77.9 Å². The van der Waals surface area contributed by atoms with Gasteiger partial charge >= 0.3 is 6.09 Å². The second-order valence-electron chi connectivity index (χ2n) is 8.39. The zero-order valence-electron chi connectivity index (χ0n) is 18.9. The minimum Gasteiger partial charge on any atom is -0.450 e. The average molecular weight is 438 g/mol. The van der Waals surface area contributed by atoms with Crippen molar-refractivity contribution in [3.63, 3.8) is 0 Å². The molecule has 0 saturated carbocycles. The van der Waals surface area contributed by atoms with Crippen LogP contribution in [0.2, 0.25) is 0 Å². The van der Waals surface area contributed by atoms with Crippen LogP contribution in [0.5, 0.6) is 0 Å². The quantitative estimate of drug-likeness (QED) is 0.732. The van der Waals surface area contributed by atoms with Gasteiger partial charge in [-0.25, -0.2) is 4.79 Å². The van der Waals surface area contributed by atoms with E-state index in [1.54, 1.807) is 11.8 Å². The lowest BCUT2D eigenvalue weighted by Crippen LogP contribution is -2.53. The Kier molecular flexibility index (Phi) is 6.87. The lowest BCUT2D eigenvalue weighted by Gasteiger charge is -2.38. The number of aromatic nitrogens is 2. The summed E-state index contributed by atoms with van der Waals surface area (Å²) in [6, 6.07) is 12.1. The lowest BCUT2D eigenvalue weighted by molar-refractivity contribution is -0.137. The number of piperazine rings is 1. The number of carbonyl (C=O) groups excluding carboxylic acids is 2. The molecule has 2 aliphatic rings. The Morgan fingerprint density at radius 2 is 1.75 bits per heavy atom. The highest BCUT2D eigenvalue weighted by atomic mass is 16.6. The van der Waals surface area contributed by atoms with E-state index in [2.05, 4.69) is 34.2 Å². The van der Waals surface area contributed by atoms with Crippen LogP contribution < -0.4 is 4.90 Å². The Labute approximate surface area is 189 Å². The highest BCUT2D eigenvalue weighted by Gasteiger charge is 2.32. The largest absolute Gasteiger partial charge is 0.450 e. The monoisotopic (exact) mass is 437 g/mol. The molecule has 4 rings (SSSR count). The first-order chi connectivity index (χ1) is 15.6. The minimum absolute atomic E-state index is 0.0595. The molecule has 2 fully saturated rings. The predicted octanol–water partition coefficient (Wildman–Crippen LogP) is 2.97. The van der Waals surface area contributed by atoms with Gasteiger partial charge in [0, 0.05) is 44.8 Å². The molecule has 2 aliphatic heterocycles. The van der Waals surface area contributed by atoms with Crippen molar-refractivity contribution in [2.45, 2.75) is 26.7 Å². The van der Waals surface area contributed by atoms with Gasteiger partial charge < -0.3 is 19.4 Å². The van der Waals surface area contributed by atoms with Crippen molar-refractivity contribution in [2.24, 2.45) is 5.92 Å². The number of piperidine rings is 1. The van der Waals surface area contributed by atoms with Crippen molar-refractivity contribution in [3.8, 4) is 11.3 Å². The summed E-state index contributed by atoms with van der Waals surface area (Å²) in [5, 5.41) is 8.91. The minimum atomic E-state index is -0.295. The summed E-state index contributed by atoms with van der Waals surface area (Å²) < 4.78 is 5.06. The number of benzene rings is 1. The lowest BCUT2D eigenvalue weighted by atomic mass is 9.96. The van der Waals surface area contributed by atoms with E-state index in [-0.39, 0.29) is 17.9 Å². The van der Waals surface area contributed by atoms with Crippen LogP contribution in [0.4, 0.5) is 10.6 Å². The molecule has 170 valence electrons. The van der Waals surface area contributed by atoms with Gasteiger partial charge in [0.25, 0.3) is 0 Å². The van der Waals surface area contributed by atoms with Crippen LogP contribution in [0.3, 0.4) is 0 Å². The zero-order chi connectivity index (χ0) is 22.5. The second-order valence-corrected chi connectivity index (χ2v) is 8.39.